The van der Waals surface area contributed by atoms with Gasteiger partial charge in [0.25, 0.3) is 0 Å². The highest BCUT2D eigenvalue weighted by molar-refractivity contribution is 7.99. The van der Waals surface area contributed by atoms with Crippen LogP contribution in [0.2, 0.25) is 0 Å². The third-order valence-electron chi connectivity index (χ3n) is 5.01. The van der Waals surface area contributed by atoms with Crippen molar-refractivity contribution in [1.82, 2.24) is 5.48 Å². The molecule has 0 saturated carbocycles. The third kappa shape index (κ3) is 6.20. The summed E-state index contributed by atoms with van der Waals surface area (Å²) in [5.41, 5.74) is 7.05. The molecule has 0 fully saturated rings. The summed E-state index contributed by atoms with van der Waals surface area (Å²) < 4.78 is 0. The third-order valence-corrected chi connectivity index (χ3v) is 6.14. The number of hydrogen-bond acceptors (Lipinski definition) is 3. The fourth-order valence-electron chi connectivity index (χ4n) is 3.41. The van der Waals surface area contributed by atoms with Gasteiger partial charge in [0.2, 0.25) is 5.91 Å². The van der Waals surface area contributed by atoms with E-state index in [2.05, 4.69) is 60.1 Å². The molecule has 156 valence electrons. The second-order valence-electron chi connectivity index (χ2n) is 7.35. The Morgan fingerprint density at radius 1 is 0.871 bits per heavy atom. The van der Waals surface area contributed by atoms with Gasteiger partial charge in [0.15, 0.2) is 0 Å². The monoisotopic (exact) mass is 427 g/mol. The van der Waals surface area contributed by atoms with Crippen molar-refractivity contribution < 1.29 is 9.63 Å². The van der Waals surface area contributed by atoms with Gasteiger partial charge in [-0.25, -0.2) is 5.48 Å². The predicted octanol–water partition coefficient (Wildman–Crippen LogP) is 6.37. The Bertz CT molecular complexity index is 1070. The van der Waals surface area contributed by atoms with Crippen LogP contribution in [0.4, 0.5) is 0 Å². The van der Waals surface area contributed by atoms with Crippen LogP contribution in [0.5, 0.6) is 0 Å². The number of carbonyl (C=O) groups is 1. The van der Waals surface area contributed by atoms with Crippen LogP contribution in [0.3, 0.4) is 0 Å². The van der Waals surface area contributed by atoms with E-state index in [0.717, 1.165) is 33.8 Å². The van der Waals surface area contributed by atoms with Crippen LogP contribution >= 0.6 is 11.8 Å². The van der Waals surface area contributed by atoms with Crippen LogP contribution < -0.4 is 5.48 Å². The van der Waals surface area contributed by atoms with Crippen LogP contribution in [0, 0.1) is 0 Å². The maximum absolute atomic E-state index is 12.4. The standard InChI is InChI=1S/C27H25NO2S/c29-27(28-30-20-21-9-3-1-4-10-21)19-24-13-7-8-14-26(24)31-25-17-15-23(16-18-25)22-11-5-2-6-12-22/h2-3,5-18H,1,4,19-20H2,(H,28,29). The summed E-state index contributed by atoms with van der Waals surface area (Å²) in [5.74, 6) is -0.145. The molecule has 0 radical (unpaired) electrons. The molecule has 0 atom stereocenters. The average Bonchev–Trinajstić information content (AvgIpc) is 2.82. The lowest BCUT2D eigenvalue weighted by Crippen LogP contribution is -2.26. The normalized spacial score (nSPS) is 13.0. The number of amides is 1. The Balaban J connectivity index is 1.35. The summed E-state index contributed by atoms with van der Waals surface area (Å²) in [6.45, 7) is 0.395. The SMILES string of the molecule is O=C(Cc1ccccc1Sc1ccc(-c2ccccc2)cc1)NOCC1=CCCC=C1. The van der Waals surface area contributed by atoms with Crippen molar-refractivity contribution in [2.75, 3.05) is 6.61 Å². The lowest BCUT2D eigenvalue weighted by atomic mass is 10.1. The van der Waals surface area contributed by atoms with Crippen LogP contribution in [0.15, 0.2) is 112 Å². The number of benzene rings is 3. The van der Waals surface area contributed by atoms with Crippen molar-refractivity contribution in [3.63, 3.8) is 0 Å². The second-order valence-corrected chi connectivity index (χ2v) is 8.46. The molecule has 4 rings (SSSR count). The molecule has 0 bridgehead atoms. The van der Waals surface area contributed by atoms with Crippen LogP contribution in [0.25, 0.3) is 11.1 Å². The van der Waals surface area contributed by atoms with Gasteiger partial charge in [0.05, 0.1) is 13.0 Å². The second kappa shape index (κ2) is 10.8. The molecule has 3 aromatic carbocycles. The summed E-state index contributed by atoms with van der Waals surface area (Å²) in [4.78, 5) is 20.0. The Morgan fingerprint density at radius 2 is 1.61 bits per heavy atom. The topological polar surface area (TPSA) is 38.3 Å². The van der Waals surface area contributed by atoms with Gasteiger partial charge in [-0.2, -0.15) is 0 Å². The maximum Gasteiger partial charge on any atom is 0.248 e. The lowest BCUT2D eigenvalue weighted by molar-refractivity contribution is -0.132. The molecule has 0 saturated heterocycles. The van der Waals surface area contributed by atoms with Crippen LogP contribution in [0.1, 0.15) is 18.4 Å². The molecule has 3 aromatic rings. The van der Waals surface area contributed by atoms with Crippen molar-refractivity contribution in [3.05, 3.63) is 108 Å². The molecule has 1 aliphatic carbocycles. The minimum absolute atomic E-state index is 0.145. The van der Waals surface area contributed by atoms with Crippen molar-refractivity contribution in [2.24, 2.45) is 0 Å². The smallest absolute Gasteiger partial charge is 0.248 e. The molecule has 1 amide bonds. The molecular weight excluding hydrogens is 402 g/mol. The van der Waals surface area contributed by atoms with Gasteiger partial charge in [-0.15, -0.1) is 0 Å². The Hall–Kier alpha value is -3.08. The van der Waals surface area contributed by atoms with E-state index in [1.54, 1.807) is 11.8 Å². The van der Waals surface area contributed by atoms with Crippen LogP contribution in [-0.4, -0.2) is 12.5 Å². The predicted molar refractivity (Wildman–Crippen MR) is 127 cm³/mol. The molecule has 0 aliphatic heterocycles. The zero-order valence-corrected chi connectivity index (χ0v) is 18.1. The number of hydroxylamine groups is 1. The zero-order valence-electron chi connectivity index (χ0n) is 17.3. The van der Waals surface area contributed by atoms with Gasteiger partial charge in [0, 0.05) is 9.79 Å². The highest BCUT2D eigenvalue weighted by Crippen LogP contribution is 2.32. The van der Waals surface area contributed by atoms with E-state index in [-0.39, 0.29) is 12.3 Å². The van der Waals surface area contributed by atoms with E-state index >= 15 is 0 Å². The van der Waals surface area contributed by atoms with E-state index in [1.807, 2.05) is 42.5 Å². The summed E-state index contributed by atoms with van der Waals surface area (Å²) >= 11 is 1.67. The molecule has 1 aliphatic rings. The molecule has 0 aromatic heterocycles. The largest absolute Gasteiger partial charge is 0.272 e. The van der Waals surface area contributed by atoms with E-state index in [4.69, 9.17) is 4.84 Å². The molecular formula is C27H25NO2S. The van der Waals surface area contributed by atoms with E-state index in [0.29, 0.717) is 6.61 Å². The fraction of sp³-hybridized carbons (Fsp3) is 0.148. The number of allylic oxidation sites excluding steroid dienone is 2. The minimum Gasteiger partial charge on any atom is -0.272 e. The van der Waals surface area contributed by atoms with Gasteiger partial charge >= 0.3 is 0 Å². The Kier molecular flexibility index (Phi) is 7.37. The van der Waals surface area contributed by atoms with Gasteiger partial charge in [-0.1, -0.05) is 90.7 Å². The molecule has 1 N–H and O–H groups in total. The van der Waals surface area contributed by atoms with Gasteiger partial charge < -0.3 is 0 Å². The number of hydrogen-bond donors (Lipinski definition) is 1. The lowest BCUT2D eigenvalue weighted by Gasteiger charge is -2.11. The quantitative estimate of drug-likeness (QED) is 0.424. The molecule has 0 heterocycles. The first-order chi connectivity index (χ1) is 15.3. The summed E-state index contributed by atoms with van der Waals surface area (Å²) in [6, 6.07) is 26.9. The molecule has 31 heavy (non-hydrogen) atoms. The highest BCUT2D eigenvalue weighted by atomic mass is 32.2. The Morgan fingerprint density at radius 3 is 2.39 bits per heavy atom. The van der Waals surface area contributed by atoms with E-state index in [9.17, 15) is 4.79 Å². The molecule has 0 spiro atoms. The van der Waals surface area contributed by atoms with Crippen molar-refractivity contribution in [3.8, 4) is 11.1 Å². The van der Waals surface area contributed by atoms with Crippen molar-refractivity contribution in [2.45, 2.75) is 29.1 Å². The zero-order chi connectivity index (χ0) is 21.3. The van der Waals surface area contributed by atoms with Gasteiger partial charge in [-0.05, 0) is 53.3 Å². The van der Waals surface area contributed by atoms with E-state index < -0.39 is 0 Å². The number of carbonyl (C=O) groups excluding carboxylic acids is 1. The van der Waals surface area contributed by atoms with Gasteiger partial charge in [-0.3, -0.25) is 9.63 Å². The number of nitrogens with one attached hydrogen (secondary N) is 1. The van der Waals surface area contributed by atoms with E-state index in [1.165, 1.54) is 11.1 Å². The highest BCUT2D eigenvalue weighted by Gasteiger charge is 2.10. The minimum atomic E-state index is -0.145. The summed E-state index contributed by atoms with van der Waals surface area (Å²) in [6.07, 6.45) is 8.69. The first-order valence-electron chi connectivity index (χ1n) is 10.5. The first kappa shape index (κ1) is 21.2. The fourth-order valence-corrected chi connectivity index (χ4v) is 4.35. The van der Waals surface area contributed by atoms with Gasteiger partial charge in [0.1, 0.15) is 0 Å². The maximum atomic E-state index is 12.4. The number of rotatable bonds is 8. The first-order valence-corrected chi connectivity index (χ1v) is 11.3. The van der Waals surface area contributed by atoms with Crippen LogP contribution in [-0.2, 0) is 16.1 Å². The molecule has 3 nitrogen and oxygen atoms in total. The molecule has 4 heteroatoms. The summed E-state index contributed by atoms with van der Waals surface area (Å²) in [7, 11) is 0. The van der Waals surface area contributed by atoms with Crippen molar-refractivity contribution in [1.29, 1.82) is 0 Å². The van der Waals surface area contributed by atoms with Crippen molar-refractivity contribution >= 4 is 17.7 Å². The average molecular weight is 428 g/mol. The molecule has 0 unspecified atom stereocenters. The summed E-state index contributed by atoms with van der Waals surface area (Å²) in [5, 5.41) is 0. The Labute approximate surface area is 187 Å².